The Morgan fingerprint density at radius 3 is 2.35 bits per heavy atom. The Morgan fingerprint density at radius 1 is 1.12 bits per heavy atom. The largest absolute Gasteiger partial charge is 0.378 e. The van der Waals surface area contributed by atoms with Gasteiger partial charge >= 0.3 is 0 Å². The molecule has 132 valence electrons. The van der Waals surface area contributed by atoms with Crippen molar-refractivity contribution in [3.05, 3.63) is 71.3 Å². The van der Waals surface area contributed by atoms with Crippen LogP contribution in [0.5, 0.6) is 0 Å². The topological polar surface area (TPSA) is 59.4 Å². The summed E-state index contributed by atoms with van der Waals surface area (Å²) in [5.74, 6) is -0.148. The van der Waals surface area contributed by atoms with Gasteiger partial charge in [-0.3, -0.25) is 4.79 Å². The molecule has 1 heterocycles. The zero-order chi connectivity index (χ0) is 18.7. The molecular weight excluding hydrogens is 324 g/mol. The van der Waals surface area contributed by atoms with Crippen LogP contribution in [0.3, 0.4) is 0 Å². The van der Waals surface area contributed by atoms with Crippen molar-refractivity contribution in [3.63, 3.8) is 0 Å². The van der Waals surface area contributed by atoms with E-state index in [1.165, 1.54) is 0 Å². The Labute approximate surface area is 154 Å². The second kappa shape index (κ2) is 7.42. The van der Waals surface area contributed by atoms with Crippen LogP contribution in [-0.2, 0) is 4.79 Å². The number of hydrogen-bond acceptors (Lipinski definition) is 5. The van der Waals surface area contributed by atoms with Crippen LogP contribution in [0.4, 0.5) is 5.69 Å². The monoisotopic (exact) mass is 346 g/mol. The SMILES string of the molecule is CN(C)c1ccc([C@@H]2CC(=O)C(C#N)=C(c3ccccc3)NN2C)cc1. The number of hydrogen-bond donors (Lipinski definition) is 1. The van der Waals surface area contributed by atoms with Gasteiger partial charge in [-0.25, -0.2) is 5.01 Å². The lowest BCUT2D eigenvalue weighted by Crippen LogP contribution is -2.35. The summed E-state index contributed by atoms with van der Waals surface area (Å²) in [4.78, 5) is 14.8. The summed E-state index contributed by atoms with van der Waals surface area (Å²) < 4.78 is 0. The fraction of sp³-hybridized carbons (Fsp3) is 0.238. The molecule has 0 radical (unpaired) electrons. The molecule has 0 spiro atoms. The molecule has 1 aliphatic rings. The normalized spacial score (nSPS) is 18.1. The Bertz CT molecular complexity index is 863. The highest BCUT2D eigenvalue weighted by molar-refractivity contribution is 6.06. The molecule has 2 aromatic carbocycles. The number of nitrogens with one attached hydrogen (secondary N) is 1. The number of Topliss-reactive ketones (excluding diaryl/α,β-unsaturated/α-hetero) is 1. The average Bonchev–Trinajstić information content (AvgIpc) is 2.78. The first-order valence-electron chi connectivity index (χ1n) is 8.51. The van der Waals surface area contributed by atoms with Crippen molar-refractivity contribution in [2.45, 2.75) is 12.5 Å². The van der Waals surface area contributed by atoms with Gasteiger partial charge in [0.15, 0.2) is 5.78 Å². The minimum Gasteiger partial charge on any atom is -0.378 e. The molecule has 5 nitrogen and oxygen atoms in total. The summed E-state index contributed by atoms with van der Waals surface area (Å²) in [7, 11) is 5.89. The van der Waals surface area contributed by atoms with Gasteiger partial charge in [-0.05, 0) is 17.7 Å². The number of anilines is 1. The number of benzene rings is 2. The molecule has 1 atom stereocenters. The Hall–Kier alpha value is -3.10. The lowest BCUT2D eigenvalue weighted by molar-refractivity contribution is -0.116. The summed E-state index contributed by atoms with van der Waals surface area (Å²) in [5, 5.41) is 11.5. The van der Waals surface area contributed by atoms with Crippen molar-refractivity contribution >= 4 is 17.2 Å². The van der Waals surface area contributed by atoms with E-state index in [2.05, 4.69) is 11.5 Å². The minimum atomic E-state index is -0.150. The molecule has 3 rings (SSSR count). The maximum absolute atomic E-state index is 12.8. The maximum Gasteiger partial charge on any atom is 0.177 e. The van der Waals surface area contributed by atoms with Gasteiger partial charge in [0.1, 0.15) is 11.6 Å². The molecule has 0 bridgehead atoms. The fourth-order valence-electron chi connectivity index (χ4n) is 3.13. The molecule has 0 saturated heterocycles. The third kappa shape index (κ3) is 3.46. The molecule has 0 amide bonds. The number of carbonyl (C=O) groups excluding carboxylic acids is 1. The first kappa shape index (κ1) is 17.7. The van der Waals surface area contributed by atoms with E-state index in [-0.39, 0.29) is 23.8 Å². The molecule has 1 N–H and O–H groups in total. The quantitative estimate of drug-likeness (QED) is 0.925. The van der Waals surface area contributed by atoms with Crippen LogP contribution in [0.15, 0.2) is 60.2 Å². The van der Waals surface area contributed by atoms with Gasteiger partial charge in [0.25, 0.3) is 0 Å². The fourth-order valence-corrected chi connectivity index (χ4v) is 3.13. The van der Waals surface area contributed by atoms with Gasteiger partial charge in [0, 0.05) is 38.8 Å². The molecule has 0 aromatic heterocycles. The van der Waals surface area contributed by atoms with E-state index in [0.717, 1.165) is 16.8 Å². The van der Waals surface area contributed by atoms with Crippen LogP contribution in [0, 0.1) is 11.3 Å². The Kier molecular flexibility index (Phi) is 5.06. The standard InChI is InChI=1S/C21H22N4O/c1-24(2)17-11-9-15(10-12-17)19-13-20(26)18(14-22)21(23-25(19)3)16-7-5-4-6-8-16/h4-12,19,23H,13H2,1-3H3/t19-/m0/s1. The highest BCUT2D eigenvalue weighted by atomic mass is 16.1. The van der Waals surface area contributed by atoms with Crippen molar-refractivity contribution in [1.82, 2.24) is 10.4 Å². The maximum atomic E-state index is 12.8. The summed E-state index contributed by atoms with van der Waals surface area (Å²) in [5.41, 5.74) is 6.97. The molecule has 0 saturated carbocycles. The van der Waals surface area contributed by atoms with Crippen LogP contribution < -0.4 is 10.3 Å². The minimum absolute atomic E-state index is 0.148. The smallest absolute Gasteiger partial charge is 0.177 e. The van der Waals surface area contributed by atoms with Gasteiger partial charge in [0.2, 0.25) is 0 Å². The van der Waals surface area contributed by atoms with Crippen LogP contribution >= 0.6 is 0 Å². The first-order valence-corrected chi connectivity index (χ1v) is 8.51. The number of rotatable bonds is 3. The number of hydrazine groups is 1. The summed E-state index contributed by atoms with van der Waals surface area (Å²) in [6.45, 7) is 0. The van der Waals surface area contributed by atoms with Crippen LogP contribution in [0.1, 0.15) is 23.6 Å². The summed E-state index contributed by atoms with van der Waals surface area (Å²) in [6.07, 6.45) is 0.254. The lowest BCUT2D eigenvalue weighted by Gasteiger charge is -2.28. The number of ketones is 1. The Balaban J connectivity index is 1.95. The van der Waals surface area contributed by atoms with E-state index in [9.17, 15) is 10.1 Å². The van der Waals surface area contributed by atoms with E-state index in [0.29, 0.717) is 5.70 Å². The van der Waals surface area contributed by atoms with Crippen LogP contribution in [0.25, 0.3) is 5.70 Å². The number of allylic oxidation sites excluding steroid dienone is 1. The predicted molar refractivity (Wildman–Crippen MR) is 103 cm³/mol. The molecule has 0 unspecified atom stereocenters. The molecule has 2 aromatic rings. The molecular formula is C21H22N4O. The first-order chi connectivity index (χ1) is 12.5. The summed E-state index contributed by atoms with van der Waals surface area (Å²) >= 11 is 0. The number of carbonyl (C=O) groups is 1. The van der Waals surface area contributed by atoms with E-state index in [1.54, 1.807) is 0 Å². The third-order valence-corrected chi connectivity index (χ3v) is 4.63. The van der Waals surface area contributed by atoms with E-state index < -0.39 is 0 Å². The predicted octanol–water partition coefficient (Wildman–Crippen LogP) is 3.14. The highest BCUT2D eigenvalue weighted by Gasteiger charge is 2.29. The molecule has 0 aliphatic carbocycles. The Morgan fingerprint density at radius 2 is 1.77 bits per heavy atom. The van der Waals surface area contributed by atoms with Crippen molar-refractivity contribution < 1.29 is 4.79 Å². The highest BCUT2D eigenvalue weighted by Crippen LogP contribution is 2.31. The molecule has 1 aliphatic heterocycles. The van der Waals surface area contributed by atoms with E-state index in [4.69, 9.17) is 0 Å². The number of nitriles is 1. The molecule has 26 heavy (non-hydrogen) atoms. The second-order valence-electron chi connectivity index (χ2n) is 6.58. The molecule has 0 fully saturated rings. The second-order valence-corrected chi connectivity index (χ2v) is 6.58. The van der Waals surface area contributed by atoms with Gasteiger partial charge in [-0.1, -0.05) is 42.5 Å². The average molecular weight is 346 g/mol. The zero-order valence-electron chi connectivity index (χ0n) is 15.2. The van der Waals surface area contributed by atoms with E-state index in [1.807, 2.05) is 85.6 Å². The number of nitrogens with zero attached hydrogens (tertiary/aromatic N) is 3. The van der Waals surface area contributed by atoms with Gasteiger partial charge in [0.05, 0.1) is 11.7 Å². The van der Waals surface area contributed by atoms with Crippen molar-refractivity contribution in [3.8, 4) is 6.07 Å². The third-order valence-electron chi connectivity index (χ3n) is 4.63. The van der Waals surface area contributed by atoms with Crippen LogP contribution in [0.2, 0.25) is 0 Å². The van der Waals surface area contributed by atoms with Crippen molar-refractivity contribution in [2.24, 2.45) is 0 Å². The van der Waals surface area contributed by atoms with Gasteiger partial charge in [-0.15, -0.1) is 0 Å². The van der Waals surface area contributed by atoms with Crippen molar-refractivity contribution in [1.29, 1.82) is 5.26 Å². The van der Waals surface area contributed by atoms with Gasteiger partial charge < -0.3 is 10.3 Å². The van der Waals surface area contributed by atoms with Gasteiger partial charge in [-0.2, -0.15) is 5.26 Å². The van der Waals surface area contributed by atoms with Crippen molar-refractivity contribution in [2.75, 3.05) is 26.0 Å². The van der Waals surface area contributed by atoms with E-state index >= 15 is 0 Å². The summed E-state index contributed by atoms with van der Waals surface area (Å²) in [6, 6.07) is 19.6. The lowest BCUT2D eigenvalue weighted by atomic mass is 9.97. The molecule has 5 heteroatoms. The zero-order valence-corrected chi connectivity index (χ0v) is 15.2. The van der Waals surface area contributed by atoms with Crippen LogP contribution in [-0.4, -0.2) is 31.9 Å².